The number of piperazine rings is 1. The van der Waals surface area contributed by atoms with Crippen LogP contribution in [0.2, 0.25) is 5.15 Å². The Morgan fingerprint density at radius 1 is 1.11 bits per heavy atom. The van der Waals surface area contributed by atoms with Gasteiger partial charge < -0.3 is 10.0 Å². The Morgan fingerprint density at radius 2 is 1.74 bits per heavy atom. The number of halogens is 1. The number of aliphatic hydroxyl groups is 1. The van der Waals surface area contributed by atoms with Crippen molar-refractivity contribution in [3.05, 3.63) is 41.4 Å². The molecule has 1 atom stereocenters. The van der Waals surface area contributed by atoms with Crippen molar-refractivity contribution in [3.8, 4) is 0 Å². The zero-order valence-electron chi connectivity index (χ0n) is 20.3. The number of nitrogens with zero attached hydrogens (tertiary/aromatic N) is 6. The molecule has 194 valence electrons. The molecule has 3 rings (SSSR count). The first-order valence-corrected chi connectivity index (χ1v) is 14.7. The first kappa shape index (κ1) is 27.7. The van der Waals surface area contributed by atoms with Gasteiger partial charge in [-0.15, -0.1) is 0 Å². The van der Waals surface area contributed by atoms with Gasteiger partial charge in [0.15, 0.2) is 0 Å². The topological polar surface area (TPSA) is 137 Å². The fourth-order valence-electron chi connectivity index (χ4n) is 3.85. The van der Waals surface area contributed by atoms with E-state index in [1.165, 1.54) is 39.3 Å². The molecule has 2 aromatic heterocycles. The molecule has 1 saturated heterocycles. The van der Waals surface area contributed by atoms with Crippen LogP contribution < -0.4 is 4.90 Å². The Labute approximate surface area is 211 Å². The molecular formula is C21H31ClN6O5S2. The fourth-order valence-corrected chi connectivity index (χ4v) is 6.59. The minimum Gasteiger partial charge on any atom is -0.386 e. The highest BCUT2D eigenvalue weighted by Gasteiger charge is 2.38. The maximum Gasteiger partial charge on any atom is 0.244 e. The van der Waals surface area contributed by atoms with Crippen molar-refractivity contribution in [3.63, 3.8) is 0 Å². The Bertz CT molecular complexity index is 1230. The van der Waals surface area contributed by atoms with E-state index in [2.05, 4.69) is 15.0 Å². The van der Waals surface area contributed by atoms with E-state index in [0.29, 0.717) is 11.5 Å². The number of hydrogen-bond acceptors (Lipinski definition) is 9. The lowest BCUT2D eigenvalue weighted by atomic mass is 10.0. The van der Waals surface area contributed by atoms with E-state index in [0.717, 1.165) is 6.26 Å². The third-order valence-corrected chi connectivity index (χ3v) is 9.27. The second-order valence-electron chi connectivity index (χ2n) is 9.28. The lowest BCUT2D eigenvalue weighted by molar-refractivity contribution is 0.0778. The van der Waals surface area contributed by atoms with Crippen LogP contribution in [0.15, 0.2) is 35.6 Å². The van der Waals surface area contributed by atoms with Crippen LogP contribution in [0.1, 0.15) is 33.3 Å². The number of pyridine rings is 1. The van der Waals surface area contributed by atoms with E-state index in [9.17, 15) is 21.9 Å². The lowest BCUT2D eigenvalue weighted by Crippen LogP contribution is -2.59. The number of anilines is 1. The first-order chi connectivity index (χ1) is 16.1. The third kappa shape index (κ3) is 6.46. The number of rotatable bonds is 8. The maximum absolute atomic E-state index is 13.3. The molecule has 1 aliphatic rings. The van der Waals surface area contributed by atoms with Crippen LogP contribution in [0.25, 0.3) is 0 Å². The van der Waals surface area contributed by atoms with Crippen molar-refractivity contribution in [1.29, 1.82) is 0 Å². The molecule has 0 spiro atoms. The zero-order chi connectivity index (χ0) is 26.2. The molecule has 3 heterocycles. The predicted octanol–water partition coefficient (Wildman–Crippen LogP) is 1.30. The number of aromatic nitrogens is 3. The summed E-state index contributed by atoms with van der Waals surface area (Å²) in [7, 11) is -7.46. The average molecular weight is 547 g/mol. The van der Waals surface area contributed by atoms with E-state index in [1.807, 2.05) is 0 Å². The van der Waals surface area contributed by atoms with E-state index >= 15 is 0 Å². The lowest BCUT2D eigenvalue weighted by Gasteiger charge is -2.42. The quantitative estimate of drug-likeness (QED) is 0.485. The van der Waals surface area contributed by atoms with Gasteiger partial charge in [0.25, 0.3) is 0 Å². The summed E-state index contributed by atoms with van der Waals surface area (Å²) in [6.07, 6.45) is 5.36. The van der Waals surface area contributed by atoms with Gasteiger partial charge in [0.1, 0.15) is 10.0 Å². The fraction of sp³-hybridized carbons (Fsp3) is 0.571. The Balaban J connectivity index is 1.96. The van der Waals surface area contributed by atoms with Crippen molar-refractivity contribution >= 4 is 37.6 Å². The molecule has 1 aliphatic heterocycles. The van der Waals surface area contributed by atoms with Crippen molar-refractivity contribution in [1.82, 2.24) is 23.6 Å². The van der Waals surface area contributed by atoms with Crippen LogP contribution in [-0.2, 0) is 25.6 Å². The van der Waals surface area contributed by atoms with Gasteiger partial charge in [-0.1, -0.05) is 11.6 Å². The largest absolute Gasteiger partial charge is 0.386 e. The van der Waals surface area contributed by atoms with Crippen LogP contribution in [0.4, 0.5) is 5.95 Å². The van der Waals surface area contributed by atoms with Gasteiger partial charge in [0, 0.05) is 56.4 Å². The molecule has 1 fully saturated rings. The van der Waals surface area contributed by atoms with Gasteiger partial charge in [0.05, 0.1) is 17.9 Å². The molecule has 0 unspecified atom stereocenters. The van der Waals surface area contributed by atoms with E-state index < -0.39 is 31.7 Å². The Morgan fingerprint density at radius 3 is 2.23 bits per heavy atom. The number of hydrogen-bond donors (Lipinski definition) is 1. The molecule has 11 nitrogen and oxygen atoms in total. The van der Waals surface area contributed by atoms with Gasteiger partial charge >= 0.3 is 0 Å². The maximum atomic E-state index is 13.3. The van der Waals surface area contributed by atoms with Gasteiger partial charge in [-0.3, -0.25) is 0 Å². The summed E-state index contributed by atoms with van der Waals surface area (Å²) in [5.74, 6) is 0.324. The standard InChI is InChI=1S/C21H31ClN6O5S2/c1-15(2)28(34(5,30)31)14-17-13-26(35(32,33)18-6-7-19(22)23-12-18)8-9-27(17)20-24-10-16(11-25-20)21(3,4)29/h6-7,10-12,15,17,29H,8-9,13-14H2,1-5H3/t17-/m1/s1. The normalized spacial score (nSPS) is 18.4. The second kappa shape index (κ2) is 10.2. The Hall–Kier alpha value is -1.90. The summed E-state index contributed by atoms with van der Waals surface area (Å²) in [5.41, 5.74) is -0.601. The highest BCUT2D eigenvalue weighted by Crippen LogP contribution is 2.25. The third-order valence-electron chi connectivity index (χ3n) is 5.78. The molecule has 0 amide bonds. The summed E-state index contributed by atoms with van der Waals surface area (Å²) in [6, 6.07) is 1.90. The summed E-state index contributed by atoms with van der Waals surface area (Å²) in [5, 5.41) is 10.4. The summed E-state index contributed by atoms with van der Waals surface area (Å²) >= 11 is 5.81. The highest BCUT2D eigenvalue weighted by molar-refractivity contribution is 7.89. The van der Waals surface area contributed by atoms with Crippen LogP contribution in [0.3, 0.4) is 0 Å². The van der Waals surface area contributed by atoms with Crippen molar-refractivity contribution < 1.29 is 21.9 Å². The SMILES string of the molecule is CC(C)N(C[C@H]1CN(S(=O)(=O)c2ccc(Cl)nc2)CCN1c1ncc(C(C)(C)O)cn1)S(C)(=O)=O. The second-order valence-corrected chi connectivity index (χ2v) is 13.5. The molecule has 14 heteroatoms. The van der Waals surface area contributed by atoms with E-state index in [1.54, 1.807) is 32.6 Å². The average Bonchev–Trinajstić information content (AvgIpc) is 2.76. The summed E-state index contributed by atoms with van der Waals surface area (Å²) in [4.78, 5) is 14.5. The van der Waals surface area contributed by atoms with Crippen LogP contribution in [-0.4, -0.2) is 90.0 Å². The molecule has 0 bridgehead atoms. The molecule has 35 heavy (non-hydrogen) atoms. The van der Waals surface area contributed by atoms with Crippen LogP contribution >= 0.6 is 11.6 Å². The molecule has 2 aromatic rings. The zero-order valence-corrected chi connectivity index (χ0v) is 22.7. The minimum atomic E-state index is -3.89. The van der Waals surface area contributed by atoms with Crippen molar-refractivity contribution in [2.75, 3.05) is 37.3 Å². The molecular weight excluding hydrogens is 516 g/mol. The summed E-state index contributed by atoms with van der Waals surface area (Å²) in [6.45, 7) is 7.19. The van der Waals surface area contributed by atoms with Gasteiger partial charge in [-0.25, -0.2) is 31.8 Å². The van der Waals surface area contributed by atoms with Crippen molar-refractivity contribution in [2.24, 2.45) is 0 Å². The molecule has 0 aromatic carbocycles. The predicted molar refractivity (Wildman–Crippen MR) is 133 cm³/mol. The molecule has 1 N–H and O–H groups in total. The Kier molecular flexibility index (Phi) is 8.09. The van der Waals surface area contributed by atoms with E-state index in [-0.39, 0.29) is 42.3 Å². The number of sulfonamides is 2. The first-order valence-electron chi connectivity index (χ1n) is 11.0. The van der Waals surface area contributed by atoms with E-state index in [4.69, 9.17) is 11.6 Å². The monoisotopic (exact) mass is 546 g/mol. The molecule has 0 aliphatic carbocycles. The molecule has 0 saturated carbocycles. The summed E-state index contributed by atoms with van der Waals surface area (Å²) < 4.78 is 54.2. The van der Waals surface area contributed by atoms with Crippen molar-refractivity contribution in [2.45, 2.75) is 50.3 Å². The smallest absolute Gasteiger partial charge is 0.244 e. The van der Waals surface area contributed by atoms with Gasteiger partial charge in [0.2, 0.25) is 26.0 Å². The van der Waals surface area contributed by atoms with Gasteiger partial charge in [-0.2, -0.15) is 8.61 Å². The minimum absolute atomic E-state index is 0.00343. The van der Waals surface area contributed by atoms with Crippen LogP contribution in [0, 0.1) is 0 Å². The molecule has 0 radical (unpaired) electrons. The van der Waals surface area contributed by atoms with Gasteiger partial charge in [-0.05, 0) is 39.8 Å². The highest BCUT2D eigenvalue weighted by atomic mass is 35.5. The van der Waals surface area contributed by atoms with Crippen LogP contribution in [0.5, 0.6) is 0 Å².